The Morgan fingerprint density at radius 3 is 2.31 bits per heavy atom. The predicted octanol–water partition coefficient (Wildman–Crippen LogP) is 3.29. The van der Waals surface area contributed by atoms with E-state index in [9.17, 15) is 0 Å². The van der Waals surface area contributed by atoms with Gasteiger partial charge in [-0.05, 0) is 24.3 Å². The molecule has 0 spiro atoms. The van der Waals surface area contributed by atoms with Crippen LogP contribution in [0.15, 0.2) is 30.3 Å². The van der Waals surface area contributed by atoms with Gasteiger partial charge in [-0.3, -0.25) is 5.41 Å². The highest BCUT2D eigenvalue weighted by Gasteiger charge is 2.26. The first-order chi connectivity index (χ1) is 7.79. The molecule has 0 amide bonds. The van der Waals surface area contributed by atoms with Gasteiger partial charge < -0.3 is 5.73 Å². The van der Waals surface area contributed by atoms with Crippen molar-refractivity contribution in [3.63, 3.8) is 0 Å². The Labute approximate surface area is 97.4 Å². The average molecular weight is 216 g/mol. The Balaban J connectivity index is 2.20. The summed E-state index contributed by atoms with van der Waals surface area (Å²) in [6.45, 7) is 0. The van der Waals surface area contributed by atoms with Crippen molar-refractivity contribution >= 4 is 5.84 Å². The van der Waals surface area contributed by atoms with Crippen LogP contribution in [0.4, 0.5) is 0 Å². The Morgan fingerprint density at radius 2 is 1.75 bits per heavy atom. The van der Waals surface area contributed by atoms with E-state index >= 15 is 0 Å². The van der Waals surface area contributed by atoms with Crippen molar-refractivity contribution in [1.82, 2.24) is 0 Å². The molecule has 1 aliphatic carbocycles. The quantitative estimate of drug-likeness (QED) is 0.591. The standard InChI is InChI=1S/C14H20N2/c15-14(16)13(11-7-3-1-4-8-11)12-9-5-2-6-10-12/h1,3-4,7-8,12-13H,2,5-6,9-10H2,(H3,15,16). The molecule has 0 saturated heterocycles. The Bertz CT molecular complexity index is 339. The number of hydrogen-bond donors (Lipinski definition) is 2. The fourth-order valence-corrected chi connectivity index (χ4v) is 2.83. The second-order valence-corrected chi connectivity index (χ2v) is 4.74. The molecule has 2 rings (SSSR count). The molecule has 3 N–H and O–H groups in total. The van der Waals surface area contributed by atoms with Crippen LogP contribution in [0.2, 0.25) is 0 Å². The molecule has 1 aromatic carbocycles. The van der Waals surface area contributed by atoms with E-state index in [4.69, 9.17) is 11.1 Å². The normalized spacial score (nSPS) is 19.2. The van der Waals surface area contributed by atoms with E-state index in [-0.39, 0.29) is 5.92 Å². The molecular formula is C14H20N2. The minimum absolute atomic E-state index is 0.140. The van der Waals surface area contributed by atoms with Gasteiger partial charge in [0.15, 0.2) is 0 Å². The minimum Gasteiger partial charge on any atom is -0.387 e. The molecule has 1 aromatic rings. The third-order valence-electron chi connectivity index (χ3n) is 3.61. The maximum absolute atomic E-state index is 7.80. The number of nitrogens with two attached hydrogens (primary N) is 1. The lowest BCUT2D eigenvalue weighted by molar-refractivity contribution is 0.340. The van der Waals surface area contributed by atoms with Gasteiger partial charge in [-0.2, -0.15) is 0 Å². The third-order valence-corrected chi connectivity index (χ3v) is 3.61. The van der Waals surface area contributed by atoms with Crippen LogP contribution in [0.5, 0.6) is 0 Å². The lowest BCUT2D eigenvalue weighted by atomic mass is 9.76. The van der Waals surface area contributed by atoms with Crippen LogP contribution < -0.4 is 5.73 Å². The summed E-state index contributed by atoms with van der Waals surface area (Å²) >= 11 is 0. The molecule has 0 bridgehead atoms. The van der Waals surface area contributed by atoms with Crippen LogP contribution in [0, 0.1) is 11.3 Å². The van der Waals surface area contributed by atoms with E-state index in [0.29, 0.717) is 11.8 Å². The Kier molecular flexibility index (Phi) is 3.60. The summed E-state index contributed by atoms with van der Waals surface area (Å²) in [7, 11) is 0. The molecule has 0 aliphatic heterocycles. The highest BCUT2D eigenvalue weighted by molar-refractivity contribution is 5.84. The van der Waals surface area contributed by atoms with Crippen LogP contribution in [-0.4, -0.2) is 5.84 Å². The number of benzene rings is 1. The first kappa shape index (κ1) is 11.2. The number of amidine groups is 1. The molecule has 1 saturated carbocycles. The number of nitrogens with one attached hydrogen (secondary N) is 1. The molecule has 1 atom stereocenters. The van der Waals surface area contributed by atoms with Crippen molar-refractivity contribution in [3.05, 3.63) is 35.9 Å². The average Bonchev–Trinajstić information content (AvgIpc) is 2.31. The van der Waals surface area contributed by atoms with Gasteiger partial charge in [-0.1, -0.05) is 49.6 Å². The summed E-state index contributed by atoms with van der Waals surface area (Å²) in [6.07, 6.45) is 6.37. The number of rotatable bonds is 3. The fourth-order valence-electron chi connectivity index (χ4n) is 2.83. The molecule has 0 aromatic heterocycles. The molecular weight excluding hydrogens is 196 g/mol. The zero-order chi connectivity index (χ0) is 11.4. The van der Waals surface area contributed by atoms with Gasteiger partial charge in [0, 0.05) is 5.92 Å². The maximum atomic E-state index is 7.80. The van der Waals surface area contributed by atoms with Gasteiger partial charge in [-0.25, -0.2) is 0 Å². The second kappa shape index (κ2) is 5.15. The van der Waals surface area contributed by atoms with Gasteiger partial charge in [0.25, 0.3) is 0 Å². The molecule has 1 aliphatic rings. The van der Waals surface area contributed by atoms with Crippen molar-refractivity contribution in [1.29, 1.82) is 5.41 Å². The zero-order valence-electron chi connectivity index (χ0n) is 9.65. The van der Waals surface area contributed by atoms with Crippen molar-refractivity contribution in [3.8, 4) is 0 Å². The highest BCUT2D eigenvalue weighted by atomic mass is 14.7. The smallest absolute Gasteiger partial charge is 0.0984 e. The summed E-state index contributed by atoms with van der Waals surface area (Å²) in [5, 5.41) is 7.80. The SMILES string of the molecule is N=C(N)C(c1ccccc1)C1CCCCC1. The maximum Gasteiger partial charge on any atom is 0.0984 e. The zero-order valence-corrected chi connectivity index (χ0v) is 9.65. The third kappa shape index (κ3) is 2.43. The van der Waals surface area contributed by atoms with Crippen molar-refractivity contribution < 1.29 is 0 Å². The van der Waals surface area contributed by atoms with Gasteiger partial charge >= 0.3 is 0 Å². The topological polar surface area (TPSA) is 49.9 Å². The summed E-state index contributed by atoms with van der Waals surface area (Å²) in [5.74, 6) is 1.05. The van der Waals surface area contributed by atoms with E-state index in [1.807, 2.05) is 18.2 Å². The van der Waals surface area contributed by atoms with Gasteiger partial charge in [0.05, 0.1) is 5.84 Å². The summed E-state index contributed by atoms with van der Waals surface area (Å²) < 4.78 is 0. The van der Waals surface area contributed by atoms with E-state index in [1.54, 1.807) is 0 Å². The van der Waals surface area contributed by atoms with Crippen LogP contribution in [0.25, 0.3) is 0 Å². The molecule has 86 valence electrons. The van der Waals surface area contributed by atoms with E-state index < -0.39 is 0 Å². The molecule has 2 nitrogen and oxygen atoms in total. The summed E-state index contributed by atoms with van der Waals surface area (Å²) in [6, 6.07) is 10.3. The Morgan fingerprint density at radius 1 is 1.12 bits per heavy atom. The monoisotopic (exact) mass is 216 g/mol. The van der Waals surface area contributed by atoms with E-state index in [0.717, 1.165) is 0 Å². The minimum atomic E-state index is 0.140. The van der Waals surface area contributed by atoms with Crippen LogP contribution >= 0.6 is 0 Å². The largest absolute Gasteiger partial charge is 0.387 e. The van der Waals surface area contributed by atoms with Gasteiger partial charge in [0.2, 0.25) is 0 Å². The molecule has 0 radical (unpaired) electrons. The van der Waals surface area contributed by atoms with Crippen molar-refractivity contribution in [2.45, 2.75) is 38.0 Å². The lowest BCUT2D eigenvalue weighted by Gasteiger charge is -2.29. The summed E-state index contributed by atoms with van der Waals surface area (Å²) in [5.41, 5.74) is 6.99. The molecule has 16 heavy (non-hydrogen) atoms. The Hall–Kier alpha value is -1.31. The summed E-state index contributed by atoms with van der Waals surface area (Å²) in [4.78, 5) is 0. The van der Waals surface area contributed by atoms with Gasteiger partial charge in [-0.15, -0.1) is 0 Å². The van der Waals surface area contributed by atoms with Crippen LogP contribution in [0.3, 0.4) is 0 Å². The predicted molar refractivity (Wildman–Crippen MR) is 67.7 cm³/mol. The molecule has 1 unspecified atom stereocenters. The van der Waals surface area contributed by atoms with E-state index in [2.05, 4.69) is 12.1 Å². The number of hydrogen-bond acceptors (Lipinski definition) is 1. The van der Waals surface area contributed by atoms with Crippen molar-refractivity contribution in [2.75, 3.05) is 0 Å². The molecule has 1 fully saturated rings. The van der Waals surface area contributed by atoms with E-state index in [1.165, 1.54) is 37.7 Å². The first-order valence-electron chi connectivity index (χ1n) is 6.18. The lowest BCUT2D eigenvalue weighted by Crippen LogP contribution is -2.28. The van der Waals surface area contributed by atoms with Gasteiger partial charge in [0.1, 0.15) is 0 Å². The molecule has 0 heterocycles. The first-order valence-corrected chi connectivity index (χ1v) is 6.18. The van der Waals surface area contributed by atoms with Crippen LogP contribution in [0.1, 0.15) is 43.6 Å². The van der Waals surface area contributed by atoms with Crippen LogP contribution in [-0.2, 0) is 0 Å². The molecule has 2 heteroatoms. The highest BCUT2D eigenvalue weighted by Crippen LogP contribution is 2.35. The van der Waals surface area contributed by atoms with Crippen molar-refractivity contribution in [2.24, 2.45) is 11.7 Å². The second-order valence-electron chi connectivity index (χ2n) is 4.74. The fraction of sp³-hybridized carbons (Fsp3) is 0.500.